The quantitative estimate of drug-likeness (QED) is 0.400. The number of aromatic nitrogens is 3. The number of rotatable bonds is 3. The Labute approximate surface area is 203 Å². The van der Waals surface area contributed by atoms with Gasteiger partial charge in [0.05, 0.1) is 6.04 Å². The van der Waals surface area contributed by atoms with Crippen LogP contribution in [-0.2, 0) is 30.4 Å². The largest absolute Gasteiger partial charge is 1.00 e. The topological polar surface area (TPSA) is 77.0 Å². The van der Waals surface area contributed by atoms with Gasteiger partial charge in [-0.2, -0.15) is 5.10 Å². The fraction of sp³-hybridized carbons (Fsp3) is 0.550. The van der Waals surface area contributed by atoms with Crippen LogP contribution >= 0.6 is 0 Å². The van der Waals surface area contributed by atoms with Gasteiger partial charge in [0.2, 0.25) is 5.95 Å². The maximum atomic E-state index is 12.9. The number of benzene rings is 1. The number of hydrogen-bond donors (Lipinski definition) is 1. The maximum Gasteiger partial charge on any atom is 1.00 e. The SMILES string of the molecule is CC(C)(C)[S@@+]([O-])N[C@@H]1c2ccccc2CC12CCN(c1ncc([S-])nn1)CC2.[Na+]. The molecule has 0 bridgehead atoms. The van der Waals surface area contributed by atoms with Gasteiger partial charge < -0.3 is 22.1 Å². The van der Waals surface area contributed by atoms with Gasteiger partial charge in [0.1, 0.15) is 4.75 Å². The minimum Gasteiger partial charge on any atom is -0.757 e. The number of nitrogens with one attached hydrogen (secondary N) is 1. The first-order chi connectivity index (χ1) is 13.3. The van der Waals surface area contributed by atoms with Gasteiger partial charge in [-0.3, -0.25) is 0 Å². The molecule has 1 N–H and O–H groups in total. The Hall–Kier alpha value is -0.480. The molecule has 1 fully saturated rings. The number of nitrogens with zero attached hydrogens (tertiary/aromatic N) is 4. The Morgan fingerprint density at radius 2 is 1.90 bits per heavy atom. The van der Waals surface area contributed by atoms with Gasteiger partial charge >= 0.3 is 29.6 Å². The third kappa shape index (κ3) is 4.74. The molecule has 6 nitrogen and oxygen atoms in total. The Morgan fingerprint density at radius 3 is 2.52 bits per heavy atom. The average Bonchev–Trinajstić information content (AvgIpc) is 2.95. The molecule has 9 heteroatoms. The van der Waals surface area contributed by atoms with E-state index in [9.17, 15) is 4.55 Å². The van der Waals surface area contributed by atoms with Crippen molar-refractivity contribution in [1.29, 1.82) is 0 Å². The predicted molar refractivity (Wildman–Crippen MR) is 113 cm³/mol. The summed E-state index contributed by atoms with van der Waals surface area (Å²) in [6.07, 6.45) is 4.57. The smallest absolute Gasteiger partial charge is 0.757 e. The third-order valence-electron chi connectivity index (χ3n) is 5.87. The van der Waals surface area contributed by atoms with Gasteiger partial charge in [-0.15, -0.1) is 9.82 Å². The van der Waals surface area contributed by atoms with E-state index in [4.69, 9.17) is 12.6 Å². The van der Waals surface area contributed by atoms with E-state index < -0.39 is 11.4 Å². The fourth-order valence-corrected chi connectivity index (χ4v) is 5.32. The molecule has 0 saturated carbocycles. The first-order valence-electron chi connectivity index (χ1n) is 9.66. The van der Waals surface area contributed by atoms with Crippen LogP contribution in [0.25, 0.3) is 0 Å². The Morgan fingerprint density at radius 1 is 1.21 bits per heavy atom. The van der Waals surface area contributed by atoms with Crippen LogP contribution in [0.3, 0.4) is 0 Å². The van der Waals surface area contributed by atoms with E-state index in [1.807, 2.05) is 20.8 Å². The zero-order valence-electron chi connectivity index (χ0n) is 17.5. The normalized spacial score (nSPS) is 21.5. The molecule has 1 aromatic carbocycles. The monoisotopic (exact) mass is 439 g/mol. The first kappa shape index (κ1) is 23.2. The molecule has 2 aliphatic rings. The minimum atomic E-state index is -1.12. The van der Waals surface area contributed by atoms with Crippen LogP contribution < -0.4 is 39.2 Å². The zero-order chi connectivity index (χ0) is 19.9. The van der Waals surface area contributed by atoms with Crippen LogP contribution in [0.1, 0.15) is 50.8 Å². The summed E-state index contributed by atoms with van der Waals surface area (Å²) in [5.74, 6) is 0.640. The van der Waals surface area contributed by atoms with Crippen molar-refractivity contribution in [3.05, 3.63) is 41.6 Å². The van der Waals surface area contributed by atoms with E-state index in [1.54, 1.807) is 6.20 Å². The van der Waals surface area contributed by atoms with E-state index in [-0.39, 0.29) is 45.8 Å². The third-order valence-corrected chi connectivity index (χ3v) is 7.62. The van der Waals surface area contributed by atoms with E-state index >= 15 is 0 Å². The van der Waals surface area contributed by atoms with Gasteiger partial charge in [0.25, 0.3) is 0 Å². The molecule has 150 valence electrons. The van der Waals surface area contributed by atoms with Gasteiger partial charge in [-0.25, -0.2) is 4.98 Å². The van der Waals surface area contributed by atoms with Crippen molar-refractivity contribution in [3.63, 3.8) is 0 Å². The van der Waals surface area contributed by atoms with Crippen LogP contribution in [0.2, 0.25) is 0 Å². The molecule has 1 saturated heterocycles. The number of piperidine rings is 1. The number of fused-ring (bicyclic) bond motifs is 1. The molecule has 2 aromatic rings. The molecule has 1 spiro atoms. The molecular weight excluding hydrogens is 413 g/mol. The number of anilines is 1. The van der Waals surface area contributed by atoms with Crippen LogP contribution in [0.15, 0.2) is 35.5 Å². The van der Waals surface area contributed by atoms with Crippen molar-refractivity contribution in [2.45, 2.75) is 55.8 Å². The van der Waals surface area contributed by atoms with Crippen LogP contribution in [0, 0.1) is 5.41 Å². The minimum absolute atomic E-state index is 0. The zero-order valence-corrected chi connectivity index (χ0v) is 21.1. The van der Waals surface area contributed by atoms with Crippen molar-refractivity contribution < 1.29 is 34.1 Å². The summed E-state index contributed by atoms with van der Waals surface area (Å²) in [5.41, 5.74) is 2.72. The summed E-state index contributed by atoms with van der Waals surface area (Å²) < 4.78 is 16.1. The van der Waals surface area contributed by atoms with Gasteiger partial charge in [0, 0.05) is 36.1 Å². The molecule has 4 rings (SSSR count). The Balaban J connectivity index is 0.00000240. The summed E-state index contributed by atoms with van der Waals surface area (Å²) in [7, 11) is 0. The summed E-state index contributed by atoms with van der Waals surface area (Å²) in [6.45, 7) is 7.75. The van der Waals surface area contributed by atoms with Crippen molar-refractivity contribution >= 4 is 29.9 Å². The van der Waals surface area contributed by atoms with Gasteiger partial charge in [-0.05, 0) is 56.2 Å². The van der Waals surface area contributed by atoms with Crippen molar-refractivity contribution in [2.75, 3.05) is 18.0 Å². The second-order valence-electron chi connectivity index (χ2n) is 8.75. The molecule has 1 aliphatic heterocycles. The molecule has 1 aromatic heterocycles. The standard InChI is InChI=1S/C20H27N5OS2.Na/c1-19(2,3)28(26)24-17-15-7-5-4-6-14(15)12-20(17)8-10-25(11-9-20)18-21-13-16(27)22-23-18;/h4-7,13,17,24H,8-12H2,1-3H3,(H,22,27);/q;+1/p-1/t17-,28-;/m1./s1. The maximum absolute atomic E-state index is 12.9. The molecule has 1 aliphatic carbocycles. The first-order valence-corrected chi connectivity index (χ1v) is 11.2. The predicted octanol–water partition coefficient (Wildman–Crippen LogP) is -0.283. The van der Waals surface area contributed by atoms with Crippen molar-refractivity contribution in [2.24, 2.45) is 5.41 Å². The van der Waals surface area contributed by atoms with Crippen LogP contribution in [0.5, 0.6) is 0 Å². The number of hydrogen-bond acceptors (Lipinski definition) is 7. The molecule has 0 amide bonds. The van der Waals surface area contributed by atoms with Gasteiger partial charge in [-0.1, -0.05) is 24.3 Å². The molecule has 0 unspecified atom stereocenters. The average molecular weight is 440 g/mol. The summed E-state index contributed by atoms with van der Waals surface area (Å²) in [6, 6.07) is 8.67. The second kappa shape index (κ2) is 8.94. The van der Waals surface area contributed by atoms with E-state index in [0.717, 1.165) is 32.4 Å². The molecular formula is C20H26N5NaOS2. The van der Waals surface area contributed by atoms with Gasteiger partial charge in [0.15, 0.2) is 0 Å². The molecule has 2 heterocycles. The van der Waals surface area contributed by atoms with Crippen LogP contribution in [0.4, 0.5) is 5.95 Å². The summed E-state index contributed by atoms with van der Waals surface area (Å²) in [4.78, 5) is 6.51. The van der Waals surface area contributed by atoms with E-state index in [0.29, 0.717) is 11.0 Å². The van der Waals surface area contributed by atoms with Crippen molar-refractivity contribution in [1.82, 2.24) is 19.9 Å². The Kier molecular flexibility index (Phi) is 7.15. The van der Waals surface area contributed by atoms with Crippen LogP contribution in [-0.4, -0.2) is 37.6 Å². The molecule has 2 atom stereocenters. The second-order valence-corrected chi connectivity index (χ2v) is 11.2. The summed E-state index contributed by atoms with van der Waals surface area (Å²) in [5, 5.41) is 8.53. The van der Waals surface area contributed by atoms with E-state index in [1.165, 1.54) is 11.1 Å². The fourth-order valence-electron chi connectivity index (χ4n) is 4.28. The summed E-state index contributed by atoms with van der Waals surface area (Å²) >= 11 is 3.87. The van der Waals surface area contributed by atoms with E-state index in [2.05, 4.69) is 49.1 Å². The molecule has 29 heavy (non-hydrogen) atoms. The van der Waals surface area contributed by atoms with Crippen molar-refractivity contribution in [3.8, 4) is 0 Å². The Bertz CT molecular complexity index is 838. The molecule has 0 radical (unpaired) electrons.